The van der Waals surface area contributed by atoms with Gasteiger partial charge in [-0.3, -0.25) is 14.4 Å². The van der Waals surface area contributed by atoms with Gasteiger partial charge in [-0.15, -0.1) is 0 Å². The second-order valence-corrected chi connectivity index (χ2v) is 4.82. The van der Waals surface area contributed by atoms with Gasteiger partial charge in [0.05, 0.1) is 0 Å². The summed E-state index contributed by atoms with van der Waals surface area (Å²) in [6.07, 6.45) is -0.0193. The molecule has 0 bridgehead atoms. The fourth-order valence-corrected chi connectivity index (χ4v) is 1.60. The Morgan fingerprint density at radius 3 is 1.77 bits per heavy atom. The number of aliphatic carboxylic acids is 3. The minimum atomic E-state index is -1.26. The van der Waals surface area contributed by atoms with E-state index in [4.69, 9.17) is 26.8 Å². The van der Waals surface area contributed by atoms with Crippen LogP contribution in [0.1, 0.15) is 32.1 Å². The summed E-state index contributed by atoms with van der Waals surface area (Å²) in [4.78, 5) is 43.6. The van der Waals surface area contributed by atoms with E-state index in [2.05, 4.69) is 5.32 Å². The first-order valence-corrected chi connectivity index (χ1v) is 6.64. The monoisotopic (exact) mass is 319 g/mol. The Kier molecular flexibility index (Phi) is 8.72. The molecule has 8 N–H and O–H groups in total. The second kappa shape index (κ2) is 9.68. The Labute approximate surface area is 126 Å². The molecule has 126 valence electrons. The van der Waals surface area contributed by atoms with Crippen molar-refractivity contribution in [1.29, 1.82) is 0 Å². The SMILES string of the molecule is N[C@H](CCCC(NC(=O)CC[C@@H](N)C(=O)O)C(=O)O)C(=O)O. The molecular weight excluding hydrogens is 298 g/mol. The number of amides is 1. The molecule has 0 aromatic rings. The van der Waals surface area contributed by atoms with E-state index in [0.717, 1.165) is 0 Å². The normalized spacial score (nSPS) is 14.6. The molecule has 0 aromatic carbocycles. The van der Waals surface area contributed by atoms with Gasteiger partial charge in [0.25, 0.3) is 0 Å². The zero-order chi connectivity index (χ0) is 17.3. The van der Waals surface area contributed by atoms with E-state index in [1.165, 1.54) is 0 Å². The molecule has 3 atom stereocenters. The molecule has 1 unspecified atom stereocenters. The van der Waals surface area contributed by atoms with Gasteiger partial charge in [-0.05, 0) is 25.7 Å². The van der Waals surface area contributed by atoms with Crippen LogP contribution in [0.4, 0.5) is 0 Å². The summed E-state index contributed by atoms with van der Waals surface area (Å²) in [7, 11) is 0. The number of hydrogen-bond donors (Lipinski definition) is 6. The van der Waals surface area contributed by atoms with Gasteiger partial charge in [-0.2, -0.15) is 0 Å². The van der Waals surface area contributed by atoms with Gasteiger partial charge in [-0.25, -0.2) is 4.79 Å². The summed E-state index contributed by atoms with van der Waals surface area (Å²) in [5.74, 6) is -4.32. The van der Waals surface area contributed by atoms with Crippen molar-refractivity contribution in [3.63, 3.8) is 0 Å². The average molecular weight is 319 g/mol. The molecule has 0 aromatic heterocycles. The van der Waals surface area contributed by atoms with E-state index in [-0.39, 0.29) is 32.1 Å². The lowest BCUT2D eigenvalue weighted by Crippen LogP contribution is -2.42. The molecule has 0 aliphatic rings. The number of nitrogens with two attached hydrogens (primary N) is 2. The van der Waals surface area contributed by atoms with Gasteiger partial charge >= 0.3 is 17.9 Å². The van der Waals surface area contributed by atoms with E-state index in [9.17, 15) is 19.2 Å². The molecule has 0 radical (unpaired) electrons. The summed E-state index contributed by atoms with van der Waals surface area (Å²) in [6.45, 7) is 0. The van der Waals surface area contributed by atoms with Crippen molar-refractivity contribution in [2.45, 2.75) is 50.2 Å². The maximum atomic E-state index is 11.5. The summed E-state index contributed by atoms with van der Waals surface area (Å²) in [5.41, 5.74) is 10.5. The molecule has 0 fully saturated rings. The van der Waals surface area contributed by atoms with E-state index in [1.54, 1.807) is 0 Å². The first-order valence-electron chi connectivity index (χ1n) is 6.64. The van der Waals surface area contributed by atoms with Gasteiger partial charge in [0.1, 0.15) is 18.1 Å². The summed E-state index contributed by atoms with van der Waals surface area (Å²) in [5, 5.41) is 28.4. The molecule has 0 saturated heterocycles. The lowest BCUT2D eigenvalue weighted by atomic mass is 10.1. The molecule has 10 heteroatoms. The summed E-state index contributed by atoms with van der Waals surface area (Å²) in [6, 6.07) is -3.46. The van der Waals surface area contributed by atoms with Crippen molar-refractivity contribution in [2.24, 2.45) is 11.5 Å². The second-order valence-electron chi connectivity index (χ2n) is 4.82. The number of nitrogens with one attached hydrogen (secondary N) is 1. The highest BCUT2D eigenvalue weighted by Crippen LogP contribution is 2.05. The number of carboxylic acids is 3. The lowest BCUT2D eigenvalue weighted by molar-refractivity contribution is -0.142. The topological polar surface area (TPSA) is 193 Å². The molecule has 0 rings (SSSR count). The molecule has 22 heavy (non-hydrogen) atoms. The first kappa shape index (κ1) is 19.8. The van der Waals surface area contributed by atoms with Crippen LogP contribution in [0, 0.1) is 0 Å². The average Bonchev–Trinajstić information content (AvgIpc) is 2.42. The standard InChI is InChI=1S/C12H21N3O7/c13-6(10(17)18)2-1-3-8(12(21)22)15-9(16)5-4-7(14)11(19)20/h6-8H,1-5,13-14H2,(H,15,16)(H,17,18)(H,19,20)(H,21,22)/t6-,7-,8?/m1/s1. The van der Waals surface area contributed by atoms with E-state index >= 15 is 0 Å². The Bertz CT molecular complexity index is 427. The molecule has 0 aliphatic carbocycles. The largest absolute Gasteiger partial charge is 0.480 e. The number of carbonyl (C=O) groups is 4. The smallest absolute Gasteiger partial charge is 0.326 e. The quantitative estimate of drug-likeness (QED) is 0.258. The highest BCUT2D eigenvalue weighted by Gasteiger charge is 2.22. The Morgan fingerprint density at radius 2 is 1.32 bits per heavy atom. The lowest BCUT2D eigenvalue weighted by Gasteiger charge is -2.15. The van der Waals surface area contributed by atoms with Gasteiger partial charge in [-0.1, -0.05) is 0 Å². The third kappa shape index (κ3) is 8.17. The molecule has 1 amide bonds. The van der Waals surface area contributed by atoms with Crippen LogP contribution in [-0.4, -0.2) is 57.3 Å². The summed E-state index contributed by atoms with van der Waals surface area (Å²) >= 11 is 0. The predicted molar refractivity (Wildman–Crippen MR) is 73.9 cm³/mol. The maximum Gasteiger partial charge on any atom is 0.326 e. The third-order valence-corrected chi connectivity index (χ3v) is 2.96. The van der Waals surface area contributed by atoms with Crippen LogP contribution >= 0.6 is 0 Å². The Hall–Kier alpha value is -2.20. The van der Waals surface area contributed by atoms with E-state index < -0.39 is 41.9 Å². The maximum absolute atomic E-state index is 11.5. The van der Waals surface area contributed by atoms with Crippen LogP contribution in [0.15, 0.2) is 0 Å². The number of carboxylic acid groups (broad SMARTS) is 3. The van der Waals surface area contributed by atoms with Crippen LogP contribution in [-0.2, 0) is 19.2 Å². The number of carbonyl (C=O) groups excluding carboxylic acids is 1. The molecule has 0 aliphatic heterocycles. The summed E-state index contributed by atoms with van der Waals surface area (Å²) < 4.78 is 0. The van der Waals surface area contributed by atoms with Crippen molar-refractivity contribution < 1.29 is 34.5 Å². The highest BCUT2D eigenvalue weighted by atomic mass is 16.4. The molecular formula is C12H21N3O7. The molecule has 0 heterocycles. The van der Waals surface area contributed by atoms with Crippen LogP contribution in [0.3, 0.4) is 0 Å². The van der Waals surface area contributed by atoms with Crippen molar-refractivity contribution in [1.82, 2.24) is 5.32 Å². The Balaban J connectivity index is 4.23. The fraction of sp³-hybridized carbons (Fsp3) is 0.667. The van der Waals surface area contributed by atoms with Crippen LogP contribution in [0.2, 0.25) is 0 Å². The van der Waals surface area contributed by atoms with Gasteiger partial charge in [0.2, 0.25) is 5.91 Å². The predicted octanol–water partition coefficient (Wildman–Crippen LogP) is -1.67. The van der Waals surface area contributed by atoms with Crippen molar-refractivity contribution in [3.8, 4) is 0 Å². The number of hydrogen-bond acceptors (Lipinski definition) is 6. The molecule has 0 saturated carbocycles. The van der Waals surface area contributed by atoms with Gasteiger partial charge in [0, 0.05) is 6.42 Å². The number of rotatable bonds is 11. The Morgan fingerprint density at radius 1 is 0.818 bits per heavy atom. The van der Waals surface area contributed by atoms with Crippen molar-refractivity contribution in [3.05, 3.63) is 0 Å². The zero-order valence-electron chi connectivity index (χ0n) is 11.9. The highest BCUT2D eigenvalue weighted by molar-refractivity contribution is 5.84. The zero-order valence-corrected chi connectivity index (χ0v) is 11.9. The minimum Gasteiger partial charge on any atom is -0.480 e. The minimum absolute atomic E-state index is 0.0209. The fourth-order valence-electron chi connectivity index (χ4n) is 1.60. The van der Waals surface area contributed by atoms with Crippen LogP contribution < -0.4 is 16.8 Å². The molecule has 0 spiro atoms. The first-order chi connectivity index (χ1) is 10.1. The van der Waals surface area contributed by atoms with Gasteiger partial charge < -0.3 is 32.1 Å². The van der Waals surface area contributed by atoms with Crippen molar-refractivity contribution in [2.75, 3.05) is 0 Å². The van der Waals surface area contributed by atoms with E-state index in [1.807, 2.05) is 0 Å². The molecule has 10 nitrogen and oxygen atoms in total. The van der Waals surface area contributed by atoms with Crippen molar-refractivity contribution >= 4 is 23.8 Å². The third-order valence-electron chi connectivity index (χ3n) is 2.96. The van der Waals surface area contributed by atoms with Crippen LogP contribution in [0.25, 0.3) is 0 Å². The van der Waals surface area contributed by atoms with Gasteiger partial charge in [0.15, 0.2) is 0 Å². The van der Waals surface area contributed by atoms with Crippen LogP contribution in [0.5, 0.6) is 0 Å². The van der Waals surface area contributed by atoms with E-state index in [0.29, 0.717) is 0 Å².